The van der Waals surface area contributed by atoms with Crippen molar-refractivity contribution in [3.63, 3.8) is 0 Å². The van der Waals surface area contributed by atoms with Crippen molar-refractivity contribution in [2.45, 2.75) is 26.3 Å². The molecule has 0 bridgehead atoms. The Morgan fingerprint density at radius 2 is 2.16 bits per heavy atom. The average Bonchev–Trinajstić information content (AvgIpc) is 2.79. The van der Waals surface area contributed by atoms with Gasteiger partial charge >= 0.3 is 0 Å². The summed E-state index contributed by atoms with van der Waals surface area (Å²) in [4.78, 5) is 25.2. The third-order valence-corrected chi connectivity index (χ3v) is 3.37. The SMILES string of the molecule is CC(=O)NC1CCN(C(=O)c2cc(N)ccc2C)C1. The van der Waals surface area contributed by atoms with Gasteiger partial charge in [0.25, 0.3) is 5.91 Å². The largest absolute Gasteiger partial charge is 0.399 e. The summed E-state index contributed by atoms with van der Waals surface area (Å²) in [5.41, 5.74) is 7.88. The summed E-state index contributed by atoms with van der Waals surface area (Å²) in [5, 5.41) is 2.85. The molecule has 0 radical (unpaired) electrons. The fourth-order valence-electron chi connectivity index (χ4n) is 2.39. The molecule has 1 heterocycles. The highest BCUT2D eigenvalue weighted by Gasteiger charge is 2.27. The van der Waals surface area contributed by atoms with Gasteiger partial charge < -0.3 is 16.0 Å². The molecular formula is C14H19N3O2. The molecule has 1 atom stereocenters. The maximum atomic E-state index is 12.4. The maximum absolute atomic E-state index is 12.4. The van der Waals surface area contributed by atoms with Gasteiger partial charge in [-0.1, -0.05) is 6.07 Å². The lowest BCUT2D eigenvalue weighted by molar-refractivity contribution is -0.119. The first-order valence-corrected chi connectivity index (χ1v) is 6.40. The minimum Gasteiger partial charge on any atom is -0.399 e. The number of hydrogen-bond acceptors (Lipinski definition) is 3. The van der Waals surface area contributed by atoms with E-state index in [9.17, 15) is 9.59 Å². The van der Waals surface area contributed by atoms with E-state index in [1.54, 1.807) is 17.0 Å². The Labute approximate surface area is 112 Å². The Hall–Kier alpha value is -2.04. The Morgan fingerprint density at radius 1 is 1.42 bits per heavy atom. The van der Waals surface area contributed by atoms with Crippen LogP contribution in [0.5, 0.6) is 0 Å². The van der Waals surface area contributed by atoms with Gasteiger partial charge in [0.2, 0.25) is 5.91 Å². The van der Waals surface area contributed by atoms with Crippen molar-refractivity contribution in [3.8, 4) is 0 Å². The molecule has 1 aliphatic heterocycles. The van der Waals surface area contributed by atoms with Crippen LogP contribution in [-0.4, -0.2) is 35.8 Å². The molecule has 1 fully saturated rings. The van der Waals surface area contributed by atoms with Crippen LogP contribution in [0.25, 0.3) is 0 Å². The Morgan fingerprint density at radius 3 is 2.84 bits per heavy atom. The number of nitrogens with two attached hydrogens (primary N) is 1. The number of anilines is 1. The zero-order chi connectivity index (χ0) is 14.0. The third-order valence-electron chi connectivity index (χ3n) is 3.37. The van der Waals surface area contributed by atoms with Crippen LogP contribution in [-0.2, 0) is 4.79 Å². The van der Waals surface area contributed by atoms with Crippen molar-refractivity contribution >= 4 is 17.5 Å². The third kappa shape index (κ3) is 3.05. The zero-order valence-electron chi connectivity index (χ0n) is 11.3. The molecule has 5 heteroatoms. The van der Waals surface area contributed by atoms with Crippen LogP contribution < -0.4 is 11.1 Å². The molecule has 0 aromatic heterocycles. The fourth-order valence-corrected chi connectivity index (χ4v) is 2.39. The molecule has 1 saturated heterocycles. The average molecular weight is 261 g/mol. The first-order chi connectivity index (χ1) is 8.97. The first kappa shape index (κ1) is 13.4. The van der Waals surface area contributed by atoms with E-state index in [1.807, 2.05) is 13.0 Å². The minimum atomic E-state index is -0.0561. The monoisotopic (exact) mass is 261 g/mol. The number of nitrogens with zero attached hydrogens (tertiary/aromatic N) is 1. The number of amides is 2. The molecule has 1 aromatic rings. The maximum Gasteiger partial charge on any atom is 0.254 e. The number of likely N-dealkylation sites (tertiary alicyclic amines) is 1. The van der Waals surface area contributed by atoms with Gasteiger partial charge in [0.1, 0.15) is 0 Å². The molecule has 1 aromatic carbocycles. The highest BCUT2D eigenvalue weighted by molar-refractivity contribution is 5.96. The van der Waals surface area contributed by atoms with Crippen LogP contribution in [0.2, 0.25) is 0 Å². The summed E-state index contributed by atoms with van der Waals surface area (Å²) >= 11 is 0. The predicted octanol–water partition coefficient (Wildman–Crippen LogP) is 0.928. The number of nitrogen functional groups attached to an aromatic ring is 1. The predicted molar refractivity (Wildman–Crippen MR) is 73.7 cm³/mol. The van der Waals surface area contributed by atoms with Gasteiger partial charge in [-0.2, -0.15) is 0 Å². The van der Waals surface area contributed by atoms with Gasteiger partial charge in [-0.15, -0.1) is 0 Å². The number of carbonyl (C=O) groups is 2. The highest BCUT2D eigenvalue weighted by Crippen LogP contribution is 2.18. The van der Waals surface area contributed by atoms with E-state index >= 15 is 0 Å². The molecule has 0 saturated carbocycles. The lowest BCUT2D eigenvalue weighted by atomic mass is 10.1. The van der Waals surface area contributed by atoms with E-state index in [4.69, 9.17) is 5.73 Å². The highest BCUT2D eigenvalue weighted by atomic mass is 16.2. The quantitative estimate of drug-likeness (QED) is 0.778. The number of benzene rings is 1. The number of hydrogen-bond donors (Lipinski definition) is 2. The summed E-state index contributed by atoms with van der Waals surface area (Å²) in [7, 11) is 0. The van der Waals surface area contributed by atoms with Gasteiger partial charge in [0.05, 0.1) is 0 Å². The zero-order valence-corrected chi connectivity index (χ0v) is 11.3. The standard InChI is InChI=1S/C14H19N3O2/c1-9-3-4-11(15)7-13(9)14(19)17-6-5-12(8-17)16-10(2)18/h3-4,7,12H,5-6,8,15H2,1-2H3,(H,16,18). The molecule has 5 nitrogen and oxygen atoms in total. The molecular weight excluding hydrogens is 242 g/mol. The molecule has 3 N–H and O–H groups in total. The summed E-state index contributed by atoms with van der Waals surface area (Å²) < 4.78 is 0. The van der Waals surface area contributed by atoms with Crippen molar-refractivity contribution in [2.75, 3.05) is 18.8 Å². The molecule has 102 valence electrons. The van der Waals surface area contributed by atoms with Crippen LogP contribution in [0.3, 0.4) is 0 Å². The van der Waals surface area contributed by atoms with Crippen LogP contribution in [0.15, 0.2) is 18.2 Å². The molecule has 0 aliphatic carbocycles. The van der Waals surface area contributed by atoms with Crippen molar-refractivity contribution in [3.05, 3.63) is 29.3 Å². The van der Waals surface area contributed by atoms with E-state index in [0.717, 1.165) is 12.0 Å². The Balaban J connectivity index is 2.09. The van der Waals surface area contributed by atoms with Gasteiger partial charge in [-0.05, 0) is 31.0 Å². The number of aryl methyl sites for hydroxylation is 1. The number of carbonyl (C=O) groups excluding carboxylic acids is 2. The van der Waals surface area contributed by atoms with Crippen LogP contribution >= 0.6 is 0 Å². The van der Waals surface area contributed by atoms with E-state index in [0.29, 0.717) is 24.3 Å². The van der Waals surface area contributed by atoms with Gasteiger partial charge in [-0.3, -0.25) is 9.59 Å². The van der Waals surface area contributed by atoms with Crippen molar-refractivity contribution in [1.29, 1.82) is 0 Å². The Kier molecular flexibility index (Phi) is 3.74. The normalized spacial score (nSPS) is 18.4. The Bertz CT molecular complexity index is 513. The van der Waals surface area contributed by atoms with E-state index in [2.05, 4.69) is 5.32 Å². The second-order valence-electron chi connectivity index (χ2n) is 5.01. The van der Waals surface area contributed by atoms with Crippen LogP contribution in [0, 0.1) is 6.92 Å². The van der Waals surface area contributed by atoms with Crippen LogP contribution in [0.1, 0.15) is 29.3 Å². The molecule has 2 amide bonds. The minimum absolute atomic E-state index is 0.0161. The number of rotatable bonds is 2. The van der Waals surface area contributed by atoms with E-state index in [-0.39, 0.29) is 17.9 Å². The van der Waals surface area contributed by atoms with E-state index < -0.39 is 0 Å². The van der Waals surface area contributed by atoms with Crippen molar-refractivity contribution < 1.29 is 9.59 Å². The van der Waals surface area contributed by atoms with Crippen LogP contribution in [0.4, 0.5) is 5.69 Å². The lowest BCUT2D eigenvalue weighted by Gasteiger charge is -2.18. The van der Waals surface area contributed by atoms with E-state index in [1.165, 1.54) is 6.92 Å². The number of nitrogens with one attached hydrogen (secondary N) is 1. The topological polar surface area (TPSA) is 75.4 Å². The molecule has 1 unspecified atom stereocenters. The lowest BCUT2D eigenvalue weighted by Crippen LogP contribution is -2.37. The van der Waals surface area contributed by atoms with Gasteiger partial charge in [-0.25, -0.2) is 0 Å². The molecule has 19 heavy (non-hydrogen) atoms. The molecule has 0 spiro atoms. The van der Waals surface area contributed by atoms with Gasteiger partial charge in [0, 0.05) is 37.3 Å². The summed E-state index contributed by atoms with van der Waals surface area (Å²) in [5.74, 6) is -0.0721. The smallest absolute Gasteiger partial charge is 0.254 e. The fraction of sp³-hybridized carbons (Fsp3) is 0.429. The summed E-state index contributed by atoms with van der Waals surface area (Å²) in [6, 6.07) is 5.41. The van der Waals surface area contributed by atoms with Crippen molar-refractivity contribution in [2.24, 2.45) is 0 Å². The van der Waals surface area contributed by atoms with Crippen molar-refractivity contribution in [1.82, 2.24) is 10.2 Å². The summed E-state index contributed by atoms with van der Waals surface area (Å²) in [6.07, 6.45) is 0.798. The molecule has 1 aliphatic rings. The molecule has 2 rings (SSSR count). The van der Waals surface area contributed by atoms with Gasteiger partial charge in [0.15, 0.2) is 0 Å². The second kappa shape index (κ2) is 5.30. The first-order valence-electron chi connectivity index (χ1n) is 6.40. The summed E-state index contributed by atoms with van der Waals surface area (Å²) in [6.45, 7) is 4.62. The second-order valence-corrected chi connectivity index (χ2v) is 5.01.